The first-order valence-electron chi connectivity index (χ1n) is 5.97. The van der Waals surface area contributed by atoms with Gasteiger partial charge in [0.15, 0.2) is 5.75 Å². The Morgan fingerprint density at radius 2 is 2.16 bits per heavy atom. The summed E-state index contributed by atoms with van der Waals surface area (Å²) in [5.41, 5.74) is 0.384. The maximum atomic E-state index is 11.4. The summed E-state index contributed by atoms with van der Waals surface area (Å²) in [5, 5.41) is 2.69. The number of amides is 1. The van der Waals surface area contributed by atoms with Gasteiger partial charge in [0.1, 0.15) is 5.60 Å². The Morgan fingerprint density at radius 1 is 1.47 bits per heavy atom. The topological polar surface area (TPSA) is 60.5 Å². The summed E-state index contributed by atoms with van der Waals surface area (Å²) in [6.07, 6.45) is 1.86. The Kier molecular flexibility index (Phi) is 5.60. The van der Waals surface area contributed by atoms with Crippen LogP contribution in [0.15, 0.2) is 16.7 Å². The van der Waals surface area contributed by atoms with E-state index in [0.29, 0.717) is 18.7 Å². The van der Waals surface area contributed by atoms with Gasteiger partial charge in [-0.3, -0.25) is 4.98 Å². The number of pyridine rings is 1. The van der Waals surface area contributed by atoms with E-state index in [9.17, 15) is 4.79 Å². The van der Waals surface area contributed by atoms with Crippen LogP contribution in [0.2, 0.25) is 0 Å². The number of rotatable bonds is 4. The van der Waals surface area contributed by atoms with Crippen LogP contribution in [0.5, 0.6) is 5.75 Å². The van der Waals surface area contributed by atoms with Crippen molar-refractivity contribution in [2.24, 2.45) is 0 Å². The third-order valence-electron chi connectivity index (χ3n) is 2.15. The summed E-state index contributed by atoms with van der Waals surface area (Å²) in [6.45, 7) is 5.96. The molecular formula is C13H19BrN2O3. The summed E-state index contributed by atoms with van der Waals surface area (Å²) < 4.78 is 11.1. The van der Waals surface area contributed by atoms with E-state index in [-0.39, 0.29) is 0 Å². The maximum Gasteiger partial charge on any atom is 0.407 e. The van der Waals surface area contributed by atoms with E-state index in [1.807, 2.05) is 26.8 Å². The second kappa shape index (κ2) is 6.75. The molecule has 0 saturated carbocycles. The molecule has 1 heterocycles. The molecule has 1 N–H and O–H groups in total. The van der Waals surface area contributed by atoms with E-state index in [1.54, 1.807) is 13.3 Å². The first-order chi connectivity index (χ1) is 8.81. The minimum Gasteiger partial charge on any atom is -0.494 e. The zero-order valence-corrected chi connectivity index (χ0v) is 13.2. The lowest BCUT2D eigenvalue weighted by molar-refractivity contribution is 0.0528. The highest BCUT2D eigenvalue weighted by atomic mass is 79.9. The Bertz CT molecular complexity index is 444. The van der Waals surface area contributed by atoms with Crippen molar-refractivity contribution in [2.75, 3.05) is 13.7 Å². The monoisotopic (exact) mass is 330 g/mol. The lowest BCUT2D eigenvalue weighted by Crippen LogP contribution is -2.33. The number of ether oxygens (including phenoxy) is 2. The maximum absolute atomic E-state index is 11.4. The van der Waals surface area contributed by atoms with E-state index in [4.69, 9.17) is 9.47 Å². The minimum absolute atomic E-state index is 0.417. The summed E-state index contributed by atoms with van der Waals surface area (Å²) >= 11 is 3.39. The highest BCUT2D eigenvalue weighted by molar-refractivity contribution is 9.10. The second-order valence-corrected chi connectivity index (χ2v) is 5.84. The van der Waals surface area contributed by atoms with Gasteiger partial charge in [-0.1, -0.05) is 0 Å². The number of carbonyl (C=O) groups excluding carboxylic acids is 1. The van der Waals surface area contributed by atoms with Crippen LogP contribution >= 0.6 is 15.9 Å². The predicted molar refractivity (Wildman–Crippen MR) is 76.4 cm³/mol. The Morgan fingerprint density at radius 3 is 2.68 bits per heavy atom. The summed E-state index contributed by atoms with van der Waals surface area (Å²) in [6, 6.07) is 1.87. The molecule has 0 fully saturated rings. The van der Waals surface area contributed by atoms with Crippen LogP contribution in [0.25, 0.3) is 0 Å². The zero-order valence-electron chi connectivity index (χ0n) is 11.6. The van der Waals surface area contributed by atoms with Gasteiger partial charge in [-0.25, -0.2) is 4.79 Å². The van der Waals surface area contributed by atoms with E-state index >= 15 is 0 Å². The Balaban J connectivity index is 2.41. The van der Waals surface area contributed by atoms with Crippen molar-refractivity contribution >= 4 is 22.0 Å². The molecule has 5 nitrogen and oxygen atoms in total. The molecule has 19 heavy (non-hydrogen) atoms. The number of carbonyl (C=O) groups is 1. The fourth-order valence-electron chi connectivity index (χ4n) is 1.35. The number of hydrogen-bond donors (Lipinski definition) is 1. The first-order valence-corrected chi connectivity index (χ1v) is 6.76. The highest BCUT2D eigenvalue weighted by Crippen LogP contribution is 2.23. The smallest absolute Gasteiger partial charge is 0.407 e. The van der Waals surface area contributed by atoms with Gasteiger partial charge in [-0.2, -0.15) is 0 Å². The number of hydrogen-bond acceptors (Lipinski definition) is 4. The number of aromatic nitrogens is 1. The lowest BCUT2D eigenvalue weighted by atomic mass is 10.2. The highest BCUT2D eigenvalue weighted by Gasteiger charge is 2.15. The van der Waals surface area contributed by atoms with Crippen LogP contribution in [0, 0.1) is 0 Å². The fourth-order valence-corrected chi connectivity index (χ4v) is 1.88. The van der Waals surface area contributed by atoms with Gasteiger partial charge in [0.25, 0.3) is 0 Å². The molecule has 1 aromatic rings. The number of nitrogens with one attached hydrogen (secondary N) is 1. The standard InChI is InChI=1S/C13H19BrN2O3/c1-13(2,3)19-12(17)15-6-5-9-7-10(14)11(18-4)8-16-9/h7-8H,5-6H2,1-4H3,(H,15,17). The van der Waals surface area contributed by atoms with Crippen molar-refractivity contribution in [3.05, 3.63) is 22.4 Å². The normalized spacial score (nSPS) is 11.0. The molecule has 0 aromatic carbocycles. The van der Waals surface area contributed by atoms with E-state index < -0.39 is 11.7 Å². The molecule has 0 unspecified atom stereocenters. The number of nitrogens with zero attached hydrogens (tertiary/aromatic N) is 1. The Labute approximate surface area is 121 Å². The van der Waals surface area contributed by atoms with Crippen molar-refractivity contribution < 1.29 is 14.3 Å². The van der Waals surface area contributed by atoms with E-state index in [1.165, 1.54) is 0 Å². The number of alkyl carbamates (subject to hydrolysis) is 1. The van der Waals surface area contributed by atoms with Crippen LogP contribution in [0.4, 0.5) is 4.79 Å². The third-order valence-corrected chi connectivity index (χ3v) is 2.77. The predicted octanol–water partition coefficient (Wildman–Crippen LogP) is 2.92. The molecule has 1 aromatic heterocycles. The van der Waals surface area contributed by atoms with Crippen molar-refractivity contribution in [2.45, 2.75) is 32.8 Å². The van der Waals surface area contributed by atoms with Crippen LogP contribution < -0.4 is 10.1 Å². The summed E-state index contributed by atoms with van der Waals surface area (Å²) in [7, 11) is 1.59. The van der Waals surface area contributed by atoms with Gasteiger partial charge < -0.3 is 14.8 Å². The molecule has 1 amide bonds. The molecular weight excluding hydrogens is 312 g/mol. The van der Waals surface area contributed by atoms with Gasteiger partial charge in [-0.15, -0.1) is 0 Å². The number of halogens is 1. The molecule has 0 radical (unpaired) electrons. The van der Waals surface area contributed by atoms with E-state index in [2.05, 4.69) is 26.2 Å². The molecule has 1 rings (SSSR count). The SMILES string of the molecule is COc1cnc(CCNC(=O)OC(C)(C)C)cc1Br. The molecule has 106 valence electrons. The fraction of sp³-hybridized carbons (Fsp3) is 0.538. The summed E-state index contributed by atoms with van der Waals surface area (Å²) in [5.74, 6) is 0.684. The van der Waals surface area contributed by atoms with Gasteiger partial charge in [0, 0.05) is 18.7 Å². The molecule has 0 bridgehead atoms. The van der Waals surface area contributed by atoms with Gasteiger partial charge in [0.2, 0.25) is 0 Å². The zero-order chi connectivity index (χ0) is 14.5. The quantitative estimate of drug-likeness (QED) is 0.922. The van der Waals surface area contributed by atoms with Crippen molar-refractivity contribution in [1.29, 1.82) is 0 Å². The largest absolute Gasteiger partial charge is 0.494 e. The van der Waals surface area contributed by atoms with Crippen LogP contribution in [0.3, 0.4) is 0 Å². The second-order valence-electron chi connectivity index (χ2n) is 4.99. The Hall–Kier alpha value is -1.30. The molecule has 0 aliphatic rings. The van der Waals surface area contributed by atoms with Crippen molar-refractivity contribution in [1.82, 2.24) is 10.3 Å². The average Bonchev–Trinajstić information content (AvgIpc) is 2.26. The molecule has 0 aliphatic carbocycles. The molecule has 6 heteroatoms. The van der Waals surface area contributed by atoms with Crippen LogP contribution in [-0.2, 0) is 11.2 Å². The molecule has 0 saturated heterocycles. The van der Waals surface area contributed by atoms with Gasteiger partial charge >= 0.3 is 6.09 Å². The summed E-state index contributed by atoms with van der Waals surface area (Å²) in [4.78, 5) is 15.7. The van der Waals surface area contributed by atoms with Crippen LogP contribution in [0.1, 0.15) is 26.5 Å². The van der Waals surface area contributed by atoms with E-state index in [0.717, 1.165) is 10.2 Å². The average molecular weight is 331 g/mol. The lowest BCUT2D eigenvalue weighted by Gasteiger charge is -2.19. The first kappa shape index (κ1) is 15.8. The minimum atomic E-state index is -0.481. The number of methoxy groups -OCH3 is 1. The molecule has 0 spiro atoms. The van der Waals surface area contributed by atoms with Crippen molar-refractivity contribution in [3.8, 4) is 5.75 Å². The van der Waals surface area contributed by atoms with Crippen LogP contribution in [-0.4, -0.2) is 30.3 Å². The van der Waals surface area contributed by atoms with Gasteiger partial charge in [-0.05, 0) is 42.8 Å². The van der Waals surface area contributed by atoms with Crippen molar-refractivity contribution in [3.63, 3.8) is 0 Å². The third kappa shape index (κ3) is 5.92. The molecule has 0 aliphatic heterocycles. The molecule has 0 atom stereocenters. The van der Waals surface area contributed by atoms with Gasteiger partial charge in [0.05, 0.1) is 17.8 Å².